The molecule has 0 bridgehead atoms. The first kappa shape index (κ1) is 15.7. The van der Waals surface area contributed by atoms with Crippen LogP contribution in [0.2, 0.25) is 0 Å². The van der Waals surface area contributed by atoms with Crippen LogP contribution in [0.3, 0.4) is 0 Å². The third-order valence-electron chi connectivity index (χ3n) is 2.61. The van der Waals surface area contributed by atoms with Crippen LogP contribution in [0.25, 0.3) is 0 Å². The standard InChI is InChI=1S/C13H19NO4S/c1-3-4-11-5-7-12(8-6-11)19(17,18)14-10(2)9-13(15)16/h5-8,10,14H,3-4,9H2,1-2H3,(H,15,16). The van der Waals surface area contributed by atoms with E-state index in [1.165, 1.54) is 6.92 Å². The molecule has 0 amide bonds. The number of rotatable bonds is 7. The van der Waals surface area contributed by atoms with Gasteiger partial charge in [-0.3, -0.25) is 4.79 Å². The number of benzene rings is 1. The number of carboxylic acid groups (broad SMARTS) is 1. The quantitative estimate of drug-likeness (QED) is 0.800. The molecule has 2 N–H and O–H groups in total. The molecule has 0 saturated heterocycles. The van der Waals surface area contributed by atoms with Crippen LogP contribution in [0.4, 0.5) is 0 Å². The molecular weight excluding hydrogens is 266 g/mol. The third kappa shape index (κ3) is 5.00. The van der Waals surface area contributed by atoms with E-state index in [0.717, 1.165) is 18.4 Å². The Balaban J connectivity index is 2.79. The largest absolute Gasteiger partial charge is 0.481 e. The Morgan fingerprint density at radius 3 is 2.37 bits per heavy atom. The molecule has 0 spiro atoms. The first-order chi connectivity index (χ1) is 8.85. The van der Waals surface area contributed by atoms with Crippen LogP contribution >= 0.6 is 0 Å². The Morgan fingerprint density at radius 2 is 1.89 bits per heavy atom. The summed E-state index contributed by atoms with van der Waals surface area (Å²) in [6.45, 7) is 3.58. The number of nitrogens with one attached hydrogen (secondary N) is 1. The van der Waals surface area contributed by atoms with Gasteiger partial charge in [0.25, 0.3) is 0 Å². The summed E-state index contributed by atoms with van der Waals surface area (Å²) in [5.41, 5.74) is 1.08. The maximum absolute atomic E-state index is 12.0. The third-order valence-corrected chi connectivity index (χ3v) is 4.21. The van der Waals surface area contributed by atoms with Gasteiger partial charge in [-0.05, 0) is 31.0 Å². The summed E-state index contributed by atoms with van der Waals surface area (Å²) < 4.78 is 26.3. The maximum Gasteiger partial charge on any atom is 0.304 e. The zero-order chi connectivity index (χ0) is 14.5. The van der Waals surface area contributed by atoms with Crippen molar-refractivity contribution in [2.75, 3.05) is 0 Å². The van der Waals surface area contributed by atoms with E-state index in [1.807, 2.05) is 0 Å². The second-order valence-corrected chi connectivity index (χ2v) is 6.23. The molecule has 1 aromatic rings. The van der Waals surface area contributed by atoms with Crippen molar-refractivity contribution in [3.8, 4) is 0 Å². The van der Waals surface area contributed by atoms with E-state index in [0.29, 0.717) is 0 Å². The van der Waals surface area contributed by atoms with Crippen molar-refractivity contribution in [2.45, 2.75) is 44.0 Å². The van der Waals surface area contributed by atoms with Crippen LogP contribution < -0.4 is 4.72 Å². The molecule has 0 fully saturated rings. The number of aryl methyl sites for hydroxylation is 1. The fourth-order valence-corrected chi connectivity index (χ4v) is 3.00. The Kier molecular flexibility index (Phi) is 5.50. The Bertz CT molecular complexity index is 522. The van der Waals surface area contributed by atoms with Crippen LogP contribution in [-0.4, -0.2) is 25.5 Å². The van der Waals surface area contributed by atoms with E-state index in [4.69, 9.17) is 5.11 Å². The number of aliphatic carboxylic acids is 1. The number of sulfonamides is 1. The van der Waals surface area contributed by atoms with Crippen molar-refractivity contribution in [2.24, 2.45) is 0 Å². The summed E-state index contributed by atoms with van der Waals surface area (Å²) in [5.74, 6) is -1.03. The maximum atomic E-state index is 12.0. The van der Waals surface area contributed by atoms with E-state index in [2.05, 4.69) is 11.6 Å². The van der Waals surface area contributed by atoms with Gasteiger partial charge in [0.2, 0.25) is 10.0 Å². The predicted octanol–water partition coefficient (Wildman–Crippen LogP) is 1.78. The van der Waals surface area contributed by atoms with E-state index >= 15 is 0 Å². The topological polar surface area (TPSA) is 83.5 Å². The lowest BCUT2D eigenvalue weighted by Gasteiger charge is -2.12. The molecule has 0 aliphatic heterocycles. The fourth-order valence-electron chi connectivity index (χ4n) is 1.76. The van der Waals surface area contributed by atoms with Crippen molar-refractivity contribution in [1.29, 1.82) is 0 Å². The van der Waals surface area contributed by atoms with E-state index in [1.54, 1.807) is 24.3 Å². The summed E-state index contributed by atoms with van der Waals surface area (Å²) in [7, 11) is -3.65. The number of hydrogen-bond acceptors (Lipinski definition) is 3. The van der Waals surface area contributed by atoms with E-state index < -0.39 is 22.0 Å². The first-order valence-electron chi connectivity index (χ1n) is 6.18. The summed E-state index contributed by atoms with van der Waals surface area (Å²) >= 11 is 0. The predicted molar refractivity (Wildman–Crippen MR) is 72.5 cm³/mol. The molecule has 106 valence electrons. The molecule has 1 atom stereocenters. The molecule has 1 unspecified atom stereocenters. The average Bonchev–Trinajstić information content (AvgIpc) is 2.28. The highest BCUT2D eigenvalue weighted by molar-refractivity contribution is 7.89. The molecule has 5 nitrogen and oxygen atoms in total. The first-order valence-corrected chi connectivity index (χ1v) is 7.66. The van der Waals surface area contributed by atoms with E-state index in [-0.39, 0.29) is 11.3 Å². The lowest BCUT2D eigenvalue weighted by Crippen LogP contribution is -2.34. The Morgan fingerprint density at radius 1 is 1.32 bits per heavy atom. The van der Waals surface area contributed by atoms with Crippen LogP contribution in [-0.2, 0) is 21.2 Å². The van der Waals surface area contributed by atoms with Crippen molar-refractivity contribution in [3.63, 3.8) is 0 Å². The van der Waals surface area contributed by atoms with Crippen LogP contribution in [0.1, 0.15) is 32.3 Å². The van der Waals surface area contributed by atoms with Gasteiger partial charge in [-0.1, -0.05) is 25.5 Å². The Hall–Kier alpha value is -1.40. The van der Waals surface area contributed by atoms with Crippen LogP contribution in [0.5, 0.6) is 0 Å². The molecule has 0 heterocycles. The highest BCUT2D eigenvalue weighted by atomic mass is 32.2. The summed E-state index contributed by atoms with van der Waals surface area (Å²) in [5, 5.41) is 8.61. The number of carboxylic acids is 1. The van der Waals surface area contributed by atoms with Gasteiger partial charge in [-0.2, -0.15) is 0 Å². The minimum Gasteiger partial charge on any atom is -0.481 e. The number of carbonyl (C=O) groups is 1. The molecule has 1 aromatic carbocycles. The van der Waals surface area contributed by atoms with Crippen molar-refractivity contribution in [1.82, 2.24) is 4.72 Å². The minimum atomic E-state index is -3.65. The van der Waals surface area contributed by atoms with Gasteiger partial charge >= 0.3 is 5.97 Å². The smallest absolute Gasteiger partial charge is 0.304 e. The molecule has 6 heteroatoms. The van der Waals surface area contributed by atoms with Crippen LogP contribution in [0, 0.1) is 0 Å². The molecule has 0 saturated carbocycles. The molecule has 19 heavy (non-hydrogen) atoms. The van der Waals surface area contributed by atoms with Crippen molar-refractivity contribution in [3.05, 3.63) is 29.8 Å². The molecule has 0 radical (unpaired) electrons. The van der Waals surface area contributed by atoms with Crippen LogP contribution in [0.15, 0.2) is 29.2 Å². The van der Waals surface area contributed by atoms with Crippen molar-refractivity contribution < 1.29 is 18.3 Å². The Labute approximate surface area is 113 Å². The van der Waals surface area contributed by atoms with Crippen molar-refractivity contribution >= 4 is 16.0 Å². The molecule has 0 aliphatic rings. The fraction of sp³-hybridized carbons (Fsp3) is 0.462. The molecule has 0 aromatic heterocycles. The average molecular weight is 285 g/mol. The van der Waals surface area contributed by atoms with Gasteiger partial charge in [0, 0.05) is 6.04 Å². The summed E-state index contributed by atoms with van der Waals surface area (Å²) in [4.78, 5) is 10.7. The normalized spacial score (nSPS) is 13.2. The van der Waals surface area contributed by atoms with E-state index in [9.17, 15) is 13.2 Å². The van der Waals surface area contributed by atoms with Gasteiger partial charge in [-0.15, -0.1) is 0 Å². The van der Waals surface area contributed by atoms with Gasteiger partial charge < -0.3 is 5.11 Å². The highest BCUT2D eigenvalue weighted by Gasteiger charge is 2.18. The lowest BCUT2D eigenvalue weighted by atomic mass is 10.1. The zero-order valence-electron chi connectivity index (χ0n) is 11.1. The molecular formula is C13H19NO4S. The lowest BCUT2D eigenvalue weighted by molar-refractivity contribution is -0.137. The minimum absolute atomic E-state index is 0.157. The van der Waals surface area contributed by atoms with Gasteiger partial charge in [0.15, 0.2) is 0 Å². The number of hydrogen-bond donors (Lipinski definition) is 2. The second-order valence-electron chi connectivity index (χ2n) is 4.51. The SMILES string of the molecule is CCCc1ccc(S(=O)(=O)NC(C)CC(=O)O)cc1. The summed E-state index contributed by atoms with van der Waals surface area (Å²) in [6.07, 6.45) is 1.66. The second kappa shape index (κ2) is 6.68. The summed E-state index contributed by atoms with van der Waals surface area (Å²) in [6, 6.07) is 6.00. The highest BCUT2D eigenvalue weighted by Crippen LogP contribution is 2.12. The zero-order valence-corrected chi connectivity index (χ0v) is 11.9. The molecule has 0 aliphatic carbocycles. The molecule has 1 rings (SSSR count). The van der Waals surface area contributed by atoms with Gasteiger partial charge in [0.1, 0.15) is 0 Å². The van der Waals surface area contributed by atoms with Gasteiger partial charge in [0.05, 0.1) is 11.3 Å². The monoisotopic (exact) mass is 285 g/mol. The van der Waals surface area contributed by atoms with Gasteiger partial charge in [-0.25, -0.2) is 13.1 Å².